The lowest BCUT2D eigenvalue weighted by Gasteiger charge is -2.18. The summed E-state index contributed by atoms with van der Waals surface area (Å²) in [5.74, 6) is 0.704. The highest BCUT2D eigenvalue weighted by Gasteiger charge is 2.14. The van der Waals surface area contributed by atoms with Crippen molar-refractivity contribution in [3.8, 4) is 5.75 Å². The predicted octanol–water partition coefficient (Wildman–Crippen LogP) is 4.89. The lowest BCUT2D eigenvalue weighted by molar-refractivity contribution is 0.0940. The normalized spacial score (nSPS) is 12.1. The van der Waals surface area contributed by atoms with E-state index in [1.165, 1.54) is 16.7 Å². The lowest BCUT2D eigenvalue weighted by atomic mass is 9.96. The molecule has 2 aromatic rings. The zero-order valence-electron chi connectivity index (χ0n) is 15.4. The van der Waals surface area contributed by atoms with Gasteiger partial charge in [0.25, 0.3) is 5.91 Å². The van der Waals surface area contributed by atoms with Gasteiger partial charge in [0.2, 0.25) is 0 Å². The molecule has 2 rings (SSSR count). The van der Waals surface area contributed by atoms with Gasteiger partial charge in [-0.2, -0.15) is 0 Å². The molecular formula is C21H27NO2. The van der Waals surface area contributed by atoms with E-state index in [-0.39, 0.29) is 18.1 Å². The van der Waals surface area contributed by atoms with Crippen molar-refractivity contribution in [2.75, 3.05) is 0 Å². The summed E-state index contributed by atoms with van der Waals surface area (Å²) in [6, 6.07) is 11.6. The molecule has 0 saturated carbocycles. The molecule has 0 fully saturated rings. The first kappa shape index (κ1) is 18.1. The SMILES string of the molecule is Cc1cc(C)c([C@H](C)NC(=O)c2ccc(OC(C)C)cc2)cc1C. The van der Waals surface area contributed by atoms with E-state index in [1.54, 1.807) is 12.1 Å². The third-order valence-electron chi connectivity index (χ3n) is 4.18. The van der Waals surface area contributed by atoms with Gasteiger partial charge in [0.15, 0.2) is 0 Å². The zero-order chi connectivity index (χ0) is 17.9. The van der Waals surface area contributed by atoms with Gasteiger partial charge in [0, 0.05) is 5.56 Å². The molecule has 2 aromatic carbocycles. The van der Waals surface area contributed by atoms with Crippen LogP contribution in [-0.4, -0.2) is 12.0 Å². The third-order valence-corrected chi connectivity index (χ3v) is 4.18. The number of nitrogens with one attached hydrogen (secondary N) is 1. The number of amides is 1. The Morgan fingerprint density at radius 2 is 1.50 bits per heavy atom. The fourth-order valence-corrected chi connectivity index (χ4v) is 2.76. The van der Waals surface area contributed by atoms with Gasteiger partial charge in [0.1, 0.15) is 5.75 Å². The number of aryl methyl sites for hydroxylation is 3. The quantitative estimate of drug-likeness (QED) is 0.850. The number of hydrogen-bond acceptors (Lipinski definition) is 2. The second kappa shape index (κ2) is 7.52. The molecular weight excluding hydrogens is 298 g/mol. The Balaban J connectivity index is 2.10. The van der Waals surface area contributed by atoms with Crippen LogP contribution in [0.3, 0.4) is 0 Å². The van der Waals surface area contributed by atoms with Crippen LogP contribution in [0.25, 0.3) is 0 Å². The van der Waals surface area contributed by atoms with Gasteiger partial charge in [0.05, 0.1) is 12.1 Å². The van der Waals surface area contributed by atoms with Crippen LogP contribution in [0.15, 0.2) is 36.4 Å². The van der Waals surface area contributed by atoms with Crippen molar-refractivity contribution >= 4 is 5.91 Å². The van der Waals surface area contributed by atoms with Gasteiger partial charge in [-0.1, -0.05) is 12.1 Å². The first-order valence-electron chi connectivity index (χ1n) is 8.43. The second-order valence-corrected chi connectivity index (χ2v) is 6.68. The van der Waals surface area contributed by atoms with Gasteiger partial charge in [-0.25, -0.2) is 0 Å². The summed E-state index contributed by atoms with van der Waals surface area (Å²) in [6.45, 7) is 12.3. The molecule has 128 valence electrons. The van der Waals surface area contributed by atoms with Crippen molar-refractivity contribution < 1.29 is 9.53 Å². The van der Waals surface area contributed by atoms with Crippen molar-refractivity contribution in [1.82, 2.24) is 5.32 Å². The molecule has 1 atom stereocenters. The van der Waals surface area contributed by atoms with Crippen LogP contribution in [0.1, 0.15) is 59.4 Å². The maximum absolute atomic E-state index is 12.5. The Morgan fingerprint density at radius 1 is 0.917 bits per heavy atom. The molecule has 0 saturated heterocycles. The van der Waals surface area contributed by atoms with Gasteiger partial charge in [-0.15, -0.1) is 0 Å². The van der Waals surface area contributed by atoms with E-state index in [2.05, 4.69) is 38.2 Å². The van der Waals surface area contributed by atoms with Crippen molar-refractivity contribution in [1.29, 1.82) is 0 Å². The Kier molecular flexibility index (Phi) is 5.66. The minimum atomic E-state index is -0.0729. The summed E-state index contributed by atoms with van der Waals surface area (Å²) in [4.78, 5) is 12.5. The highest BCUT2D eigenvalue weighted by atomic mass is 16.5. The summed E-state index contributed by atoms with van der Waals surface area (Å²) < 4.78 is 5.61. The van der Waals surface area contributed by atoms with Crippen LogP contribution >= 0.6 is 0 Å². The largest absolute Gasteiger partial charge is 0.491 e. The zero-order valence-corrected chi connectivity index (χ0v) is 15.4. The Morgan fingerprint density at radius 3 is 2.08 bits per heavy atom. The smallest absolute Gasteiger partial charge is 0.251 e. The number of carbonyl (C=O) groups is 1. The van der Waals surface area contributed by atoms with E-state index in [9.17, 15) is 4.79 Å². The lowest BCUT2D eigenvalue weighted by Crippen LogP contribution is -2.27. The highest BCUT2D eigenvalue weighted by Crippen LogP contribution is 2.22. The Hall–Kier alpha value is -2.29. The van der Waals surface area contributed by atoms with Gasteiger partial charge in [-0.05, 0) is 88.1 Å². The molecule has 3 nitrogen and oxygen atoms in total. The fraction of sp³-hybridized carbons (Fsp3) is 0.381. The molecule has 0 spiro atoms. The van der Waals surface area contributed by atoms with E-state index in [4.69, 9.17) is 4.74 Å². The molecule has 0 aliphatic rings. The summed E-state index contributed by atoms with van der Waals surface area (Å²) in [5.41, 5.74) is 5.51. The molecule has 1 N–H and O–H groups in total. The van der Waals surface area contributed by atoms with E-state index in [0.717, 1.165) is 11.3 Å². The predicted molar refractivity (Wildman–Crippen MR) is 98.7 cm³/mol. The summed E-state index contributed by atoms with van der Waals surface area (Å²) in [7, 11) is 0. The van der Waals surface area contributed by atoms with E-state index < -0.39 is 0 Å². The number of carbonyl (C=O) groups excluding carboxylic acids is 1. The van der Waals surface area contributed by atoms with E-state index in [0.29, 0.717) is 5.56 Å². The van der Waals surface area contributed by atoms with Gasteiger partial charge < -0.3 is 10.1 Å². The number of hydrogen-bond donors (Lipinski definition) is 1. The molecule has 24 heavy (non-hydrogen) atoms. The van der Waals surface area contributed by atoms with Crippen LogP contribution in [-0.2, 0) is 0 Å². The van der Waals surface area contributed by atoms with Crippen molar-refractivity contribution in [3.63, 3.8) is 0 Å². The van der Waals surface area contributed by atoms with E-state index in [1.807, 2.05) is 32.9 Å². The van der Waals surface area contributed by atoms with Crippen LogP contribution in [0.5, 0.6) is 5.75 Å². The van der Waals surface area contributed by atoms with Crippen molar-refractivity contribution in [2.24, 2.45) is 0 Å². The van der Waals surface area contributed by atoms with Crippen LogP contribution in [0, 0.1) is 20.8 Å². The third kappa shape index (κ3) is 4.38. The number of ether oxygens (including phenoxy) is 1. The molecule has 0 radical (unpaired) electrons. The monoisotopic (exact) mass is 325 g/mol. The average molecular weight is 325 g/mol. The first-order chi connectivity index (χ1) is 11.3. The minimum Gasteiger partial charge on any atom is -0.491 e. The number of rotatable bonds is 5. The Bertz CT molecular complexity index is 717. The highest BCUT2D eigenvalue weighted by molar-refractivity contribution is 5.94. The fourth-order valence-electron chi connectivity index (χ4n) is 2.76. The summed E-state index contributed by atoms with van der Waals surface area (Å²) in [5, 5.41) is 3.08. The van der Waals surface area contributed by atoms with Crippen molar-refractivity contribution in [2.45, 2.75) is 53.7 Å². The molecule has 0 unspecified atom stereocenters. The first-order valence-corrected chi connectivity index (χ1v) is 8.43. The molecule has 0 heterocycles. The second-order valence-electron chi connectivity index (χ2n) is 6.68. The molecule has 0 bridgehead atoms. The minimum absolute atomic E-state index is 0.0385. The summed E-state index contributed by atoms with van der Waals surface area (Å²) >= 11 is 0. The van der Waals surface area contributed by atoms with Gasteiger partial charge in [-0.3, -0.25) is 4.79 Å². The number of benzene rings is 2. The maximum Gasteiger partial charge on any atom is 0.251 e. The topological polar surface area (TPSA) is 38.3 Å². The van der Waals surface area contributed by atoms with Crippen molar-refractivity contribution in [3.05, 3.63) is 64.2 Å². The van der Waals surface area contributed by atoms with Gasteiger partial charge >= 0.3 is 0 Å². The molecule has 1 amide bonds. The molecule has 0 aliphatic heterocycles. The summed E-state index contributed by atoms with van der Waals surface area (Å²) in [6.07, 6.45) is 0.123. The van der Waals surface area contributed by atoms with Crippen LogP contribution in [0.2, 0.25) is 0 Å². The molecule has 0 aliphatic carbocycles. The maximum atomic E-state index is 12.5. The van der Waals surface area contributed by atoms with Crippen LogP contribution in [0.4, 0.5) is 0 Å². The molecule has 0 aromatic heterocycles. The standard InChI is InChI=1S/C21H27NO2/c1-13(2)24-19-9-7-18(8-10-19)21(23)22-17(6)20-12-15(4)14(3)11-16(20)5/h7-13,17H,1-6H3,(H,22,23)/t17-/m0/s1. The Labute approximate surface area is 145 Å². The van der Waals surface area contributed by atoms with Crippen LogP contribution < -0.4 is 10.1 Å². The van der Waals surface area contributed by atoms with E-state index >= 15 is 0 Å². The molecule has 3 heteroatoms. The average Bonchev–Trinajstić information content (AvgIpc) is 2.50.